The van der Waals surface area contributed by atoms with Gasteiger partial charge in [-0.05, 0) is 22.6 Å². The monoisotopic (exact) mass is 256 g/mol. The second-order valence-corrected chi connectivity index (χ2v) is 5.00. The quantitative estimate of drug-likeness (QED) is 0.623. The summed E-state index contributed by atoms with van der Waals surface area (Å²) >= 11 is 0. The van der Waals surface area contributed by atoms with E-state index in [4.69, 9.17) is 0 Å². The number of rotatable bonds is 1. The lowest BCUT2D eigenvalue weighted by Gasteiger charge is -2.17. The molecular formula is C19H12O. The van der Waals surface area contributed by atoms with Gasteiger partial charge in [0.15, 0.2) is 5.78 Å². The van der Waals surface area contributed by atoms with Crippen LogP contribution in [0.3, 0.4) is 0 Å². The third kappa shape index (κ3) is 1.53. The van der Waals surface area contributed by atoms with E-state index in [1.54, 1.807) is 0 Å². The smallest absolute Gasteiger partial charge is 0.194 e. The Bertz CT molecular complexity index is 852. The molecule has 4 rings (SSSR count). The van der Waals surface area contributed by atoms with Gasteiger partial charge in [0.1, 0.15) is 0 Å². The first-order valence-electron chi connectivity index (χ1n) is 6.68. The van der Waals surface area contributed by atoms with Crippen LogP contribution in [0.25, 0.3) is 22.4 Å². The molecule has 0 aromatic heterocycles. The van der Waals surface area contributed by atoms with Crippen LogP contribution < -0.4 is 0 Å². The van der Waals surface area contributed by atoms with E-state index < -0.39 is 0 Å². The predicted molar refractivity (Wildman–Crippen MR) is 82.6 cm³/mol. The molecule has 0 spiro atoms. The number of carbonyl (C=O) groups excluding carboxylic acids is 1. The molecule has 0 saturated carbocycles. The Balaban J connectivity index is 2.04. The van der Waals surface area contributed by atoms with Gasteiger partial charge in [0.25, 0.3) is 0 Å². The van der Waals surface area contributed by atoms with Gasteiger partial charge in [-0.15, -0.1) is 0 Å². The lowest BCUT2D eigenvalue weighted by Crippen LogP contribution is -2.08. The molecule has 0 saturated heterocycles. The van der Waals surface area contributed by atoms with Crippen LogP contribution in [0.15, 0.2) is 66.7 Å². The number of benzene rings is 3. The molecule has 1 nitrogen and oxygen atoms in total. The molecule has 0 atom stereocenters. The van der Waals surface area contributed by atoms with E-state index in [0.717, 1.165) is 33.0 Å². The Morgan fingerprint density at radius 2 is 1.45 bits per heavy atom. The van der Waals surface area contributed by atoms with Crippen molar-refractivity contribution in [2.24, 2.45) is 0 Å². The van der Waals surface area contributed by atoms with Gasteiger partial charge < -0.3 is 0 Å². The van der Waals surface area contributed by atoms with E-state index in [2.05, 4.69) is 18.2 Å². The zero-order valence-electron chi connectivity index (χ0n) is 10.8. The minimum atomic E-state index is 0.112. The molecule has 3 aromatic rings. The number of hydrogen-bond donors (Lipinski definition) is 0. The Hall–Kier alpha value is -2.67. The highest BCUT2D eigenvalue weighted by Crippen LogP contribution is 2.34. The van der Waals surface area contributed by atoms with Crippen molar-refractivity contribution in [2.45, 2.75) is 0 Å². The zero-order valence-corrected chi connectivity index (χ0v) is 10.8. The fourth-order valence-corrected chi connectivity index (χ4v) is 2.88. The SMILES string of the molecule is O=C1C(c2ccccc2)=Cc2cccc3cccc1c23. The molecule has 0 N–H and O–H groups in total. The van der Waals surface area contributed by atoms with Gasteiger partial charge in [0.05, 0.1) is 0 Å². The lowest BCUT2D eigenvalue weighted by atomic mass is 9.85. The molecular weight excluding hydrogens is 244 g/mol. The second-order valence-electron chi connectivity index (χ2n) is 5.00. The van der Waals surface area contributed by atoms with E-state index in [9.17, 15) is 4.79 Å². The molecule has 0 radical (unpaired) electrons. The number of allylic oxidation sites excluding steroid dienone is 1. The van der Waals surface area contributed by atoms with Crippen molar-refractivity contribution in [3.05, 3.63) is 83.4 Å². The van der Waals surface area contributed by atoms with Gasteiger partial charge in [-0.2, -0.15) is 0 Å². The van der Waals surface area contributed by atoms with Crippen molar-refractivity contribution in [3.63, 3.8) is 0 Å². The van der Waals surface area contributed by atoms with Crippen molar-refractivity contribution in [2.75, 3.05) is 0 Å². The van der Waals surface area contributed by atoms with Crippen molar-refractivity contribution >= 4 is 28.2 Å². The molecule has 0 aliphatic heterocycles. The summed E-state index contributed by atoms with van der Waals surface area (Å²) in [5.41, 5.74) is 3.68. The van der Waals surface area contributed by atoms with Crippen LogP contribution in [0.2, 0.25) is 0 Å². The third-order valence-corrected chi connectivity index (χ3v) is 3.81. The summed E-state index contributed by atoms with van der Waals surface area (Å²) in [6.45, 7) is 0. The van der Waals surface area contributed by atoms with Gasteiger partial charge >= 0.3 is 0 Å². The Kier molecular flexibility index (Phi) is 2.33. The highest BCUT2D eigenvalue weighted by Gasteiger charge is 2.22. The van der Waals surface area contributed by atoms with Gasteiger partial charge in [-0.1, -0.05) is 66.7 Å². The first kappa shape index (κ1) is 11.2. The largest absolute Gasteiger partial charge is 0.289 e. The third-order valence-electron chi connectivity index (χ3n) is 3.81. The normalized spacial score (nSPS) is 13.4. The zero-order chi connectivity index (χ0) is 13.5. The topological polar surface area (TPSA) is 17.1 Å². The minimum absolute atomic E-state index is 0.112. The van der Waals surface area contributed by atoms with E-state index in [-0.39, 0.29) is 5.78 Å². The van der Waals surface area contributed by atoms with Gasteiger partial charge in [0, 0.05) is 16.5 Å². The predicted octanol–water partition coefficient (Wildman–Crippen LogP) is 4.58. The fraction of sp³-hybridized carbons (Fsp3) is 0. The first-order valence-corrected chi connectivity index (χ1v) is 6.68. The van der Waals surface area contributed by atoms with E-state index in [0.29, 0.717) is 0 Å². The molecule has 3 aromatic carbocycles. The molecule has 0 bridgehead atoms. The van der Waals surface area contributed by atoms with Crippen LogP contribution in [0.1, 0.15) is 21.5 Å². The summed E-state index contributed by atoms with van der Waals surface area (Å²) < 4.78 is 0. The number of hydrogen-bond acceptors (Lipinski definition) is 1. The first-order chi connectivity index (χ1) is 9.84. The summed E-state index contributed by atoms with van der Waals surface area (Å²) in [6.07, 6.45) is 2.01. The number of ketones is 1. The number of carbonyl (C=O) groups is 1. The highest BCUT2D eigenvalue weighted by atomic mass is 16.1. The van der Waals surface area contributed by atoms with E-state index in [1.807, 2.05) is 54.6 Å². The highest BCUT2D eigenvalue weighted by molar-refractivity contribution is 6.38. The van der Waals surface area contributed by atoms with Gasteiger partial charge in [0.2, 0.25) is 0 Å². The molecule has 1 aliphatic rings. The molecule has 0 unspecified atom stereocenters. The molecule has 94 valence electrons. The summed E-state index contributed by atoms with van der Waals surface area (Å²) in [4.78, 5) is 12.7. The summed E-state index contributed by atoms with van der Waals surface area (Å²) in [6, 6.07) is 21.9. The van der Waals surface area contributed by atoms with Crippen LogP contribution in [0.4, 0.5) is 0 Å². The lowest BCUT2D eigenvalue weighted by molar-refractivity contribution is 0.105. The molecule has 1 aliphatic carbocycles. The second kappa shape index (κ2) is 4.17. The van der Waals surface area contributed by atoms with Crippen molar-refractivity contribution < 1.29 is 4.79 Å². The van der Waals surface area contributed by atoms with Crippen LogP contribution in [0.5, 0.6) is 0 Å². The molecule has 20 heavy (non-hydrogen) atoms. The minimum Gasteiger partial charge on any atom is -0.289 e. The Morgan fingerprint density at radius 3 is 2.25 bits per heavy atom. The fourth-order valence-electron chi connectivity index (χ4n) is 2.88. The van der Waals surface area contributed by atoms with Crippen molar-refractivity contribution in [1.82, 2.24) is 0 Å². The van der Waals surface area contributed by atoms with Crippen molar-refractivity contribution in [1.29, 1.82) is 0 Å². The standard InChI is InChI=1S/C19H12O/c20-19-16-11-5-9-14-8-4-10-15(18(14)16)12-17(19)13-6-2-1-3-7-13/h1-12H. The molecule has 0 heterocycles. The van der Waals surface area contributed by atoms with Gasteiger partial charge in [-0.25, -0.2) is 0 Å². The molecule has 0 fully saturated rings. The summed E-state index contributed by atoms with van der Waals surface area (Å²) in [7, 11) is 0. The Morgan fingerprint density at radius 1 is 0.700 bits per heavy atom. The molecule has 0 amide bonds. The molecule has 1 heteroatoms. The average Bonchev–Trinajstić information content (AvgIpc) is 2.52. The van der Waals surface area contributed by atoms with Crippen LogP contribution in [-0.2, 0) is 0 Å². The van der Waals surface area contributed by atoms with E-state index in [1.165, 1.54) is 0 Å². The van der Waals surface area contributed by atoms with Crippen molar-refractivity contribution in [3.8, 4) is 0 Å². The average molecular weight is 256 g/mol. The summed E-state index contributed by atoms with van der Waals surface area (Å²) in [5, 5.41) is 2.19. The Labute approximate surface area is 117 Å². The maximum absolute atomic E-state index is 12.7. The summed E-state index contributed by atoms with van der Waals surface area (Å²) in [5.74, 6) is 0.112. The number of Topliss-reactive ketones (excluding diaryl/α,β-unsaturated/α-hetero) is 1. The van der Waals surface area contributed by atoms with Crippen LogP contribution in [-0.4, -0.2) is 5.78 Å². The van der Waals surface area contributed by atoms with Gasteiger partial charge in [-0.3, -0.25) is 4.79 Å². The maximum Gasteiger partial charge on any atom is 0.194 e. The van der Waals surface area contributed by atoms with Crippen LogP contribution >= 0.6 is 0 Å². The maximum atomic E-state index is 12.7. The van der Waals surface area contributed by atoms with E-state index >= 15 is 0 Å². The van der Waals surface area contributed by atoms with Crippen LogP contribution in [0, 0.1) is 0 Å².